The molecule has 0 bridgehead atoms. The summed E-state index contributed by atoms with van der Waals surface area (Å²) in [5.41, 5.74) is 0. The molecule has 17 heavy (non-hydrogen) atoms. The van der Waals surface area contributed by atoms with Crippen LogP contribution in [-0.4, -0.2) is 33.8 Å². The van der Waals surface area contributed by atoms with Crippen LogP contribution >= 0.6 is 15.9 Å². The fourth-order valence-electron chi connectivity index (χ4n) is 1.49. The second kappa shape index (κ2) is 5.28. The third-order valence-electron chi connectivity index (χ3n) is 2.23. The molecule has 92 valence electrons. The van der Waals surface area contributed by atoms with Crippen LogP contribution < -0.4 is 4.74 Å². The molecule has 0 N–H and O–H groups in total. The predicted octanol–water partition coefficient (Wildman–Crippen LogP) is 1.48. The molecule has 2 heterocycles. The second-order valence-electron chi connectivity index (χ2n) is 3.42. The Hall–Kier alpha value is -1.41. The molecule has 0 fully saturated rings. The number of nitrogens with zero attached hydrogens (tertiary/aromatic N) is 3. The molecule has 0 unspecified atom stereocenters. The van der Waals surface area contributed by atoms with Crippen molar-refractivity contribution in [2.45, 2.75) is 12.6 Å². The van der Waals surface area contributed by atoms with E-state index in [0.717, 1.165) is 0 Å². The summed E-state index contributed by atoms with van der Waals surface area (Å²) < 4.78 is 12.4. The number of imidazole rings is 1. The molecule has 0 saturated heterocycles. The summed E-state index contributed by atoms with van der Waals surface area (Å²) in [5, 5.41) is 10.5. The summed E-state index contributed by atoms with van der Waals surface area (Å²) >= 11 is 3.14. The van der Waals surface area contributed by atoms with E-state index in [4.69, 9.17) is 9.47 Å². The normalized spacial score (nSPS) is 19.0. The van der Waals surface area contributed by atoms with Gasteiger partial charge in [-0.15, -0.1) is 0 Å². The first kappa shape index (κ1) is 12.1. The van der Waals surface area contributed by atoms with E-state index in [2.05, 4.69) is 20.9 Å². The molecule has 0 aliphatic carbocycles. The number of hydrogen-bond acceptors (Lipinski definition) is 5. The number of aromatic nitrogens is 2. The van der Waals surface area contributed by atoms with Crippen molar-refractivity contribution in [1.82, 2.24) is 9.55 Å². The number of hydrogen-bond donors (Lipinski definition) is 0. The van der Waals surface area contributed by atoms with Crippen molar-refractivity contribution in [3.8, 4) is 6.01 Å². The standard InChI is InChI=1S/C9H10BrN3O4/c10-2-1-3-16-7-4-12-5-8(13(14)15)11-9(12)17-6-7/h1-2,5,7H,3-4,6H2/t7-/m0/s1. The van der Waals surface area contributed by atoms with Crippen molar-refractivity contribution in [1.29, 1.82) is 0 Å². The average molecular weight is 304 g/mol. The summed E-state index contributed by atoms with van der Waals surface area (Å²) in [4.78, 5) is 15.5. The Bertz CT molecular complexity index is 445. The first-order valence-corrected chi connectivity index (χ1v) is 5.83. The van der Waals surface area contributed by atoms with Gasteiger partial charge in [0.1, 0.15) is 18.9 Å². The minimum absolute atomic E-state index is 0.125. The Morgan fingerprint density at radius 2 is 2.65 bits per heavy atom. The molecule has 1 aromatic heterocycles. The van der Waals surface area contributed by atoms with E-state index < -0.39 is 4.92 Å². The van der Waals surface area contributed by atoms with E-state index in [9.17, 15) is 10.1 Å². The lowest BCUT2D eigenvalue weighted by Crippen LogP contribution is -2.32. The minimum Gasteiger partial charge on any atom is -0.443 e. The zero-order chi connectivity index (χ0) is 12.3. The van der Waals surface area contributed by atoms with E-state index in [1.165, 1.54) is 6.20 Å². The number of fused-ring (bicyclic) bond motifs is 1. The number of ether oxygens (including phenoxy) is 2. The highest BCUT2D eigenvalue weighted by Gasteiger charge is 2.27. The Morgan fingerprint density at radius 3 is 3.35 bits per heavy atom. The molecule has 1 aliphatic heterocycles. The quantitative estimate of drug-likeness (QED) is 0.622. The van der Waals surface area contributed by atoms with Crippen LogP contribution in [0.25, 0.3) is 0 Å². The van der Waals surface area contributed by atoms with Crippen LogP contribution in [0.1, 0.15) is 0 Å². The van der Waals surface area contributed by atoms with Crippen LogP contribution in [0.2, 0.25) is 0 Å². The fourth-order valence-corrected chi connectivity index (χ4v) is 1.64. The third kappa shape index (κ3) is 2.83. The molecule has 0 amide bonds. The van der Waals surface area contributed by atoms with Gasteiger partial charge in [0.2, 0.25) is 0 Å². The Kier molecular flexibility index (Phi) is 3.75. The van der Waals surface area contributed by atoms with Crippen molar-refractivity contribution in [2.24, 2.45) is 0 Å². The SMILES string of the molecule is O=[N+]([O-])c1cn2c(n1)OC[C@@H](OCC=CBr)C2. The molecule has 0 saturated carbocycles. The van der Waals surface area contributed by atoms with E-state index >= 15 is 0 Å². The van der Waals surface area contributed by atoms with Crippen molar-refractivity contribution in [3.05, 3.63) is 27.4 Å². The van der Waals surface area contributed by atoms with Crippen LogP contribution in [-0.2, 0) is 11.3 Å². The third-order valence-corrected chi connectivity index (χ3v) is 2.60. The van der Waals surface area contributed by atoms with Crippen molar-refractivity contribution < 1.29 is 14.4 Å². The maximum Gasteiger partial charge on any atom is 0.414 e. The molecule has 8 heteroatoms. The maximum absolute atomic E-state index is 10.5. The summed E-state index contributed by atoms with van der Waals surface area (Å²) in [6, 6.07) is 0.271. The molecule has 1 aromatic rings. The van der Waals surface area contributed by atoms with Crippen LogP contribution in [0.3, 0.4) is 0 Å². The lowest BCUT2D eigenvalue weighted by Gasteiger charge is -2.21. The van der Waals surface area contributed by atoms with Gasteiger partial charge in [-0.1, -0.05) is 22.0 Å². The molecule has 7 nitrogen and oxygen atoms in total. The van der Waals surface area contributed by atoms with Crippen LogP contribution in [0.5, 0.6) is 6.01 Å². The van der Waals surface area contributed by atoms with Crippen LogP contribution in [0.4, 0.5) is 5.82 Å². The molecule has 0 radical (unpaired) electrons. The number of halogens is 1. The minimum atomic E-state index is -0.544. The summed E-state index contributed by atoms with van der Waals surface area (Å²) in [7, 11) is 0. The summed E-state index contributed by atoms with van der Waals surface area (Å²) in [6.07, 6.45) is 3.04. The molecular weight excluding hydrogens is 294 g/mol. The fraction of sp³-hybridized carbons (Fsp3) is 0.444. The number of nitro groups is 1. The van der Waals surface area contributed by atoms with E-state index in [-0.39, 0.29) is 17.9 Å². The van der Waals surface area contributed by atoms with Crippen molar-refractivity contribution in [3.63, 3.8) is 0 Å². The van der Waals surface area contributed by atoms with Gasteiger partial charge in [-0.2, -0.15) is 0 Å². The highest BCUT2D eigenvalue weighted by molar-refractivity contribution is 9.11. The first-order valence-electron chi connectivity index (χ1n) is 4.92. The van der Waals surface area contributed by atoms with Crippen LogP contribution in [0.15, 0.2) is 17.3 Å². The van der Waals surface area contributed by atoms with E-state index in [1.807, 2.05) is 6.08 Å². The highest BCUT2D eigenvalue weighted by atomic mass is 79.9. The lowest BCUT2D eigenvalue weighted by molar-refractivity contribution is -0.389. The molecule has 1 aliphatic rings. The largest absolute Gasteiger partial charge is 0.443 e. The zero-order valence-electron chi connectivity index (χ0n) is 8.78. The average Bonchev–Trinajstić information content (AvgIpc) is 2.72. The van der Waals surface area contributed by atoms with Gasteiger partial charge in [0.15, 0.2) is 0 Å². The van der Waals surface area contributed by atoms with Gasteiger partial charge in [-0.3, -0.25) is 4.57 Å². The Balaban J connectivity index is 2.00. The molecule has 0 spiro atoms. The van der Waals surface area contributed by atoms with Gasteiger partial charge >= 0.3 is 11.8 Å². The van der Waals surface area contributed by atoms with Crippen molar-refractivity contribution in [2.75, 3.05) is 13.2 Å². The zero-order valence-corrected chi connectivity index (χ0v) is 10.4. The van der Waals surface area contributed by atoms with E-state index in [1.54, 1.807) is 9.55 Å². The van der Waals surface area contributed by atoms with Gasteiger partial charge in [-0.25, -0.2) is 0 Å². The monoisotopic (exact) mass is 303 g/mol. The molecule has 2 rings (SSSR count). The topological polar surface area (TPSA) is 79.4 Å². The highest BCUT2D eigenvalue weighted by Crippen LogP contribution is 2.22. The summed E-state index contributed by atoms with van der Waals surface area (Å²) in [6.45, 7) is 1.32. The Labute approximate surface area is 105 Å². The molecule has 0 aromatic carbocycles. The summed E-state index contributed by atoms with van der Waals surface area (Å²) in [5.74, 6) is -0.207. The lowest BCUT2D eigenvalue weighted by atomic mass is 10.3. The second-order valence-corrected chi connectivity index (χ2v) is 3.95. The van der Waals surface area contributed by atoms with Crippen molar-refractivity contribution >= 4 is 21.7 Å². The smallest absolute Gasteiger partial charge is 0.414 e. The predicted molar refractivity (Wildman–Crippen MR) is 62.2 cm³/mol. The number of rotatable bonds is 4. The Morgan fingerprint density at radius 1 is 1.82 bits per heavy atom. The maximum atomic E-state index is 10.5. The molecule has 1 atom stereocenters. The van der Waals surface area contributed by atoms with Gasteiger partial charge in [0.25, 0.3) is 0 Å². The van der Waals surface area contributed by atoms with Crippen LogP contribution in [0, 0.1) is 10.1 Å². The molecular formula is C9H10BrN3O4. The van der Waals surface area contributed by atoms with Gasteiger partial charge in [0, 0.05) is 4.98 Å². The van der Waals surface area contributed by atoms with Gasteiger partial charge in [-0.05, 0) is 9.91 Å². The van der Waals surface area contributed by atoms with Gasteiger partial charge in [0.05, 0.1) is 13.2 Å². The first-order chi connectivity index (χ1) is 8.20. The van der Waals surface area contributed by atoms with E-state index in [0.29, 0.717) is 19.8 Å². The van der Waals surface area contributed by atoms with Gasteiger partial charge < -0.3 is 19.6 Å².